The van der Waals surface area contributed by atoms with E-state index in [0.29, 0.717) is 35.9 Å². The van der Waals surface area contributed by atoms with Gasteiger partial charge in [0.15, 0.2) is 0 Å². The number of aliphatic hydroxyl groups excluding tert-OH is 1. The summed E-state index contributed by atoms with van der Waals surface area (Å²) < 4.78 is 0. The topological polar surface area (TPSA) is 78.4 Å². The first-order chi connectivity index (χ1) is 10.9. The Morgan fingerprint density at radius 3 is 2.52 bits per heavy atom. The van der Waals surface area contributed by atoms with Crippen LogP contribution >= 0.6 is 11.6 Å². The summed E-state index contributed by atoms with van der Waals surface area (Å²) in [5.41, 5.74) is 0.0318. The molecule has 1 aliphatic carbocycles. The van der Waals surface area contributed by atoms with Gasteiger partial charge in [0.25, 0.3) is 5.91 Å². The first-order valence-electron chi connectivity index (χ1n) is 7.90. The van der Waals surface area contributed by atoms with Crippen molar-refractivity contribution in [1.82, 2.24) is 10.6 Å². The normalized spacial score (nSPS) is 16.5. The van der Waals surface area contributed by atoms with Crippen LogP contribution in [0.4, 0.5) is 0 Å². The molecular weight excluding hydrogens is 316 g/mol. The molecule has 0 radical (unpaired) electrons. The summed E-state index contributed by atoms with van der Waals surface area (Å²) in [5.74, 6) is 0.107. The van der Waals surface area contributed by atoms with Crippen LogP contribution in [-0.2, 0) is 4.79 Å². The third kappa shape index (κ3) is 5.22. The predicted molar refractivity (Wildman–Crippen MR) is 89.4 cm³/mol. The van der Waals surface area contributed by atoms with Gasteiger partial charge in [0, 0.05) is 23.6 Å². The van der Waals surface area contributed by atoms with E-state index in [4.69, 9.17) is 11.6 Å². The molecule has 1 unspecified atom stereocenters. The van der Waals surface area contributed by atoms with Crippen LogP contribution in [0.25, 0.3) is 0 Å². The zero-order chi connectivity index (χ0) is 16.9. The van der Waals surface area contributed by atoms with Gasteiger partial charge in [0.1, 0.15) is 0 Å². The lowest BCUT2D eigenvalue weighted by molar-refractivity contribution is -0.123. The van der Waals surface area contributed by atoms with Crippen LogP contribution in [0.1, 0.15) is 43.0 Å². The number of hydrogen-bond donors (Lipinski definition) is 3. The van der Waals surface area contributed by atoms with Gasteiger partial charge in [-0.1, -0.05) is 11.6 Å². The van der Waals surface area contributed by atoms with Crippen molar-refractivity contribution in [3.63, 3.8) is 0 Å². The molecule has 0 spiro atoms. The van der Waals surface area contributed by atoms with Crippen molar-refractivity contribution in [1.29, 1.82) is 0 Å². The second-order valence-electron chi connectivity index (χ2n) is 6.26. The minimum atomic E-state index is -0.510. The molecule has 6 heteroatoms. The fraction of sp³-hybridized carbons (Fsp3) is 0.529. The number of benzene rings is 1. The largest absolute Gasteiger partial charge is 0.394 e. The Hall–Kier alpha value is -1.59. The van der Waals surface area contributed by atoms with Gasteiger partial charge in [-0.25, -0.2) is 0 Å². The Morgan fingerprint density at radius 2 is 1.96 bits per heavy atom. The number of aliphatic hydroxyl groups is 1. The lowest BCUT2D eigenvalue weighted by Gasteiger charge is -2.28. The van der Waals surface area contributed by atoms with Crippen LogP contribution in [0.5, 0.6) is 0 Å². The number of nitrogens with one attached hydrogen (secondary N) is 2. The summed E-state index contributed by atoms with van der Waals surface area (Å²) in [6.07, 6.45) is 2.98. The number of carbonyl (C=O) groups is 2. The lowest BCUT2D eigenvalue weighted by atomic mass is 9.96. The first-order valence-corrected chi connectivity index (χ1v) is 8.28. The summed E-state index contributed by atoms with van der Waals surface area (Å²) in [6, 6.07) is 6.65. The molecular formula is C17H23ClN2O3. The SMILES string of the molecule is CC(CO)(NC(=O)CCCNC(=O)c1ccc(Cl)cc1)C1CC1. The van der Waals surface area contributed by atoms with Gasteiger partial charge in [-0.3, -0.25) is 9.59 Å². The molecule has 1 fully saturated rings. The average Bonchev–Trinajstić information content (AvgIpc) is 3.37. The molecule has 1 aliphatic rings. The number of carbonyl (C=O) groups excluding carboxylic acids is 2. The highest BCUT2D eigenvalue weighted by Crippen LogP contribution is 2.39. The van der Waals surface area contributed by atoms with Gasteiger partial charge in [0.2, 0.25) is 5.91 Å². The number of amides is 2. The molecule has 0 aliphatic heterocycles. The van der Waals surface area contributed by atoms with Crippen molar-refractivity contribution in [3.05, 3.63) is 34.9 Å². The van der Waals surface area contributed by atoms with Gasteiger partial charge >= 0.3 is 0 Å². The minimum absolute atomic E-state index is 0.0449. The van der Waals surface area contributed by atoms with E-state index in [0.717, 1.165) is 12.8 Å². The van der Waals surface area contributed by atoms with E-state index in [1.165, 1.54) is 0 Å². The van der Waals surface area contributed by atoms with Crippen LogP contribution < -0.4 is 10.6 Å². The van der Waals surface area contributed by atoms with Crippen LogP contribution in [0, 0.1) is 5.92 Å². The Morgan fingerprint density at radius 1 is 1.30 bits per heavy atom. The van der Waals surface area contributed by atoms with E-state index in [9.17, 15) is 14.7 Å². The van der Waals surface area contributed by atoms with E-state index < -0.39 is 5.54 Å². The standard InChI is InChI=1S/C17H23ClN2O3/c1-17(11-21,13-6-7-13)20-15(22)3-2-10-19-16(23)12-4-8-14(18)9-5-12/h4-5,8-9,13,21H,2-3,6-7,10-11H2,1H3,(H,19,23)(H,20,22). The van der Waals surface area contributed by atoms with Crippen molar-refractivity contribution < 1.29 is 14.7 Å². The number of rotatable bonds is 8. The molecule has 3 N–H and O–H groups in total. The summed E-state index contributed by atoms with van der Waals surface area (Å²) in [5, 5.41) is 15.7. The predicted octanol–water partition coefficient (Wildman–Crippen LogP) is 2.13. The van der Waals surface area contributed by atoms with E-state index in [-0.39, 0.29) is 18.4 Å². The molecule has 2 amide bonds. The molecule has 1 saturated carbocycles. The van der Waals surface area contributed by atoms with Gasteiger partial charge < -0.3 is 15.7 Å². The second kappa shape index (κ2) is 7.79. The molecule has 0 bridgehead atoms. The monoisotopic (exact) mass is 338 g/mol. The summed E-state index contributed by atoms with van der Waals surface area (Å²) in [7, 11) is 0. The number of halogens is 1. The average molecular weight is 339 g/mol. The van der Waals surface area contributed by atoms with E-state index in [2.05, 4.69) is 10.6 Å². The third-order valence-corrected chi connectivity index (χ3v) is 4.46. The summed E-state index contributed by atoms with van der Waals surface area (Å²) in [6.45, 7) is 2.26. The molecule has 2 rings (SSSR count). The molecule has 23 heavy (non-hydrogen) atoms. The Bertz CT molecular complexity index is 557. The van der Waals surface area contributed by atoms with Crippen LogP contribution in [0.2, 0.25) is 5.02 Å². The zero-order valence-electron chi connectivity index (χ0n) is 13.3. The fourth-order valence-electron chi connectivity index (χ4n) is 2.53. The van der Waals surface area contributed by atoms with Gasteiger partial charge in [-0.2, -0.15) is 0 Å². The highest BCUT2D eigenvalue weighted by molar-refractivity contribution is 6.30. The van der Waals surface area contributed by atoms with Gasteiger partial charge in [0.05, 0.1) is 12.1 Å². The highest BCUT2D eigenvalue weighted by Gasteiger charge is 2.41. The lowest BCUT2D eigenvalue weighted by Crippen LogP contribution is -2.50. The van der Waals surface area contributed by atoms with E-state index in [1.807, 2.05) is 6.92 Å². The van der Waals surface area contributed by atoms with Crippen LogP contribution in [0.15, 0.2) is 24.3 Å². The molecule has 0 heterocycles. The van der Waals surface area contributed by atoms with Gasteiger partial charge in [-0.15, -0.1) is 0 Å². The van der Waals surface area contributed by atoms with Crippen molar-refractivity contribution in [3.8, 4) is 0 Å². The maximum absolute atomic E-state index is 12.0. The van der Waals surface area contributed by atoms with Crippen LogP contribution in [-0.4, -0.2) is 35.6 Å². The Kier molecular flexibility index (Phi) is 6.02. The molecule has 0 saturated heterocycles. The van der Waals surface area contributed by atoms with Crippen molar-refractivity contribution >= 4 is 23.4 Å². The van der Waals surface area contributed by atoms with E-state index in [1.54, 1.807) is 24.3 Å². The van der Waals surface area contributed by atoms with Crippen molar-refractivity contribution in [2.45, 2.75) is 38.1 Å². The zero-order valence-corrected chi connectivity index (χ0v) is 14.0. The molecule has 0 aromatic heterocycles. The molecule has 1 atom stereocenters. The molecule has 1 aromatic carbocycles. The smallest absolute Gasteiger partial charge is 0.251 e. The molecule has 126 valence electrons. The van der Waals surface area contributed by atoms with Crippen molar-refractivity contribution in [2.75, 3.05) is 13.2 Å². The quantitative estimate of drug-likeness (QED) is 0.635. The van der Waals surface area contributed by atoms with Gasteiger partial charge in [-0.05, 0) is 56.4 Å². The summed E-state index contributed by atoms with van der Waals surface area (Å²) >= 11 is 5.78. The highest BCUT2D eigenvalue weighted by atomic mass is 35.5. The fourth-order valence-corrected chi connectivity index (χ4v) is 2.65. The Balaban J connectivity index is 1.67. The second-order valence-corrected chi connectivity index (χ2v) is 6.70. The first kappa shape index (κ1) is 17.8. The maximum Gasteiger partial charge on any atom is 0.251 e. The van der Waals surface area contributed by atoms with Crippen LogP contribution in [0.3, 0.4) is 0 Å². The molecule has 1 aromatic rings. The third-order valence-electron chi connectivity index (χ3n) is 4.20. The van der Waals surface area contributed by atoms with E-state index >= 15 is 0 Å². The summed E-state index contributed by atoms with van der Waals surface area (Å²) in [4.78, 5) is 23.8. The molecule has 5 nitrogen and oxygen atoms in total. The number of hydrogen-bond acceptors (Lipinski definition) is 3. The Labute approximate surface area is 141 Å². The minimum Gasteiger partial charge on any atom is -0.394 e. The maximum atomic E-state index is 12.0. The van der Waals surface area contributed by atoms with Crippen molar-refractivity contribution in [2.24, 2.45) is 5.92 Å².